The summed E-state index contributed by atoms with van der Waals surface area (Å²) < 4.78 is 0. The molecule has 1 aliphatic carbocycles. The fourth-order valence-corrected chi connectivity index (χ4v) is 3.37. The summed E-state index contributed by atoms with van der Waals surface area (Å²) in [5.41, 5.74) is 5.76. The lowest BCUT2D eigenvalue weighted by atomic mass is 9.79. The molecule has 2 aromatic carbocycles. The summed E-state index contributed by atoms with van der Waals surface area (Å²) in [4.78, 5) is 0. The van der Waals surface area contributed by atoms with Crippen molar-refractivity contribution >= 4 is 0 Å². The molecular weight excluding hydrogens is 254 g/mol. The molecule has 0 radical (unpaired) electrons. The molecule has 2 aromatic rings. The maximum absolute atomic E-state index is 3.51. The molecule has 1 unspecified atom stereocenters. The molecule has 1 fully saturated rings. The summed E-state index contributed by atoms with van der Waals surface area (Å²) in [6, 6.07) is 18.3. The lowest BCUT2D eigenvalue weighted by Gasteiger charge is -2.27. The lowest BCUT2D eigenvalue weighted by molar-refractivity contribution is 0.419. The molecule has 1 nitrogen and oxygen atoms in total. The summed E-state index contributed by atoms with van der Waals surface area (Å²) >= 11 is 0. The van der Waals surface area contributed by atoms with E-state index < -0.39 is 0 Å². The van der Waals surface area contributed by atoms with E-state index in [1.807, 2.05) is 0 Å². The number of benzene rings is 2. The number of rotatable bonds is 5. The van der Waals surface area contributed by atoms with Gasteiger partial charge in [-0.3, -0.25) is 0 Å². The van der Waals surface area contributed by atoms with E-state index in [0.29, 0.717) is 6.04 Å². The minimum atomic E-state index is 0.293. The van der Waals surface area contributed by atoms with Gasteiger partial charge in [0.15, 0.2) is 0 Å². The van der Waals surface area contributed by atoms with E-state index in [9.17, 15) is 0 Å². The summed E-state index contributed by atoms with van der Waals surface area (Å²) in [5.74, 6) is 0.795. The van der Waals surface area contributed by atoms with E-state index in [4.69, 9.17) is 0 Å². The molecule has 0 amide bonds. The maximum Gasteiger partial charge on any atom is 0.0577 e. The standard InChI is InChI=1S/C20H25N/c1-3-15-8-4-5-13-19(15)20(21-2)18-12-7-11-17(14-18)16-9-6-10-16/h4-5,7-8,11-14,16,20-21H,3,6,9-10H2,1-2H3. The largest absolute Gasteiger partial charge is 0.309 e. The Labute approximate surface area is 128 Å². The molecular formula is C20H25N. The molecule has 21 heavy (non-hydrogen) atoms. The zero-order valence-corrected chi connectivity index (χ0v) is 13.1. The average molecular weight is 279 g/mol. The molecule has 3 rings (SSSR count). The van der Waals surface area contributed by atoms with E-state index >= 15 is 0 Å². The highest BCUT2D eigenvalue weighted by Crippen LogP contribution is 2.37. The zero-order valence-electron chi connectivity index (χ0n) is 13.1. The summed E-state index contributed by atoms with van der Waals surface area (Å²) in [7, 11) is 2.06. The van der Waals surface area contributed by atoms with Crippen molar-refractivity contribution in [2.45, 2.75) is 44.6 Å². The first kappa shape index (κ1) is 14.3. The highest BCUT2D eigenvalue weighted by atomic mass is 14.9. The van der Waals surface area contributed by atoms with Crippen molar-refractivity contribution in [3.8, 4) is 0 Å². The van der Waals surface area contributed by atoms with E-state index in [1.54, 1.807) is 0 Å². The first-order valence-corrected chi connectivity index (χ1v) is 8.18. The van der Waals surface area contributed by atoms with Crippen LogP contribution in [0.4, 0.5) is 0 Å². The number of aryl methyl sites for hydroxylation is 1. The number of nitrogens with one attached hydrogen (secondary N) is 1. The third-order valence-electron chi connectivity index (χ3n) is 4.86. The number of hydrogen-bond acceptors (Lipinski definition) is 1. The van der Waals surface area contributed by atoms with Crippen LogP contribution in [0.15, 0.2) is 48.5 Å². The van der Waals surface area contributed by atoms with Gasteiger partial charge in [0.2, 0.25) is 0 Å². The molecule has 1 N–H and O–H groups in total. The van der Waals surface area contributed by atoms with Gasteiger partial charge in [0.1, 0.15) is 0 Å². The van der Waals surface area contributed by atoms with Crippen LogP contribution >= 0.6 is 0 Å². The van der Waals surface area contributed by atoms with Crippen LogP contribution in [0.25, 0.3) is 0 Å². The van der Waals surface area contributed by atoms with Crippen LogP contribution in [0, 0.1) is 0 Å². The van der Waals surface area contributed by atoms with Crippen molar-refractivity contribution in [1.82, 2.24) is 5.32 Å². The predicted molar refractivity (Wildman–Crippen MR) is 89.8 cm³/mol. The minimum Gasteiger partial charge on any atom is -0.309 e. The Hall–Kier alpha value is -1.60. The van der Waals surface area contributed by atoms with Crippen LogP contribution in [0.2, 0.25) is 0 Å². The molecule has 0 spiro atoms. The molecule has 0 bridgehead atoms. The topological polar surface area (TPSA) is 12.0 Å². The SMILES string of the molecule is CCc1ccccc1C(NC)c1cccc(C2CCC2)c1. The molecule has 1 atom stereocenters. The van der Waals surface area contributed by atoms with Crippen LogP contribution in [0.1, 0.15) is 60.4 Å². The third kappa shape index (κ3) is 2.89. The molecule has 0 saturated heterocycles. The van der Waals surface area contributed by atoms with Gasteiger partial charge in [0.05, 0.1) is 6.04 Å². The Morgan fingerprint density at radius 1 is 1.10 bits per heavy atom. The van der Waals surface area contributed by atoms with Gasteiger partial charge in [-0.2, -0.15) is 0 Å². The monoisotopic (exact) mass is 279 g/mol. The van der Waals surface area contributed by atoms with Crippen LogP contribution in [-0.4, -0.2) is 7.05 Å². The van der Waals surface area contributed by atoms with Gasteiger partial charge >= 0.3 is 0 Å². The third-order valence-corrected chi connectivity index (χ3v) is 4.86. The first-order valence-electron chi connectivity index (χ1n) is 8.18. The van der Waals surface area contributed by atoms with Crippen molar-refractivity contribution in [3.63, 3.8) is 0 Å². The lowest BCUT2D eigenvalue weighted by Crippen LogP contribution is -2.19. The zero-order chi connectivity index (χ0) is 14.7. The number of hydrogen-bond donors (Lipinski definition) is 1. The van der Waals surface area contributed by atoms with Gasteiger partial charge in [-0.15, -0.1) is 0 Å². The van der Waals surface area contributed by atoms with E-state index in [-0.39, 0.29) is 0 Å². The predicted octanol–water partition coefficient (Wildman–Crippen LogP) is 4.83. The highest BCUT2D eigenvalue weighted by Gasteiger charge is 2.21. The fraction of sp³-hybridized carbons (Fsp3) is 0.400. The van der Waals surface area contributed by atoms with Crippen LogP contribution in [0.3, 0.4) is 0 Å². The average Bonchev–Trinajstić information content (AvgIpc) is 2.47. The van der Waals surface area contributed by atoms with Gasteiger partial charge in [-0.05, 0) is 54.5 Å². The van der Waals surface area contributed by atoms with Crippen LogP contribution in [-0.2, 0) is 6.42 Å². The summed E-state index contributed by atoms with van der Waals surface area (Å²) in [6.45, 7) is 2.23. The van der Waals surface area contributed by atoms with Crippen LogP contribution < -0.4 is 5.32 Å². The summed E-state index contributed by atoms with van der Waals surface area (Å²) in [6.07, 6.45) is 5.19. The van der Waals surface area contributed by atoms with Crippen molar-refractivity contribution in [1.29, 1.82) is 0 Å². The molecule has 0 aromatic heterocycles. The van der Waals surface area contributed by atoms with Crippen LogP contribution in [0.5, 0.6) is 0 Å². The van der Waals surface area contributed by atoms with E-state index in [2.05, 4.69) is 67.8 Å². The molecule has 1 heteroatoms. The van der Waals surface area contributed by atoms with Gasteiger partial charge < -0.3 is 5.32 Å². The normalized spacial score (nSPS) is 16.5. The highest BCUT2D eigenvalue weighted by molar-refractivity contribution is 5.39. The van der Waals surface area contributed by atoms with Crippen molar-refractivity contribution < 1.29 is 0 Å². The van der Waals surface area contributed by atoms with Crippen molar-refractivity contribution in [3.05, 3.63) is 70.8 Å². The molecule has 0 aliphatic heterocycles. The molecule has 1 aliphatic rings. The summed E-state index contributed by atoms with van der Waals surface area (Å²) in [5, 5.41) is 3.51. The van der Waals surface area contributed by atoms with E-state index in [0.717, 1.165) is 12.3 Å². The Morgan fingerprint density at radius 3 is 2.57 bits per heavy atom. The van der Waals surface area contributed by atoms with Gasteiger partial charge in [-0.1, -0.05) is 61.9 Å². The second kappa shape index (κ2) is 6.44. The van der Waals surface area contributed by atoms with Gasteiger partial charge in [-0.25, -0.2) is 0 Å². The minimum absolute atomic E-state index is 0.293. The second-order valence-corrected chi connectivity index (χ2v) is 6.07. The Balaban J connectivity index is 1.95. The van der Waals surface area contributed by atoms with E-state index in [1.165, 1.54) is 41.5 Å². The van der Waals surface area contributed by atoms with Crippen molar-refractivity contribution in [2.75, 3.05) is 7.05 Å². The van der Waals surface area contributed by atoms with Gasteiger partial charge in [0.25, 0.3) is 0 Å². The van der Waals surface area contributed by atoms with Crippen molar-refractivity contribution in [2.24, 2.45) is 0 Å². The second-order valence-electron chi connectivity index (χ2n) is 6.07. The Morgan fingerprint density at radius 2 is 1.90 bits per heavy atom. The Bertz CT molecular complexity index is 598. The Kier molecular flexibility index (Phi) is 4.40. The quantitative estimate of drug-likeness (QED) is 0.827. The van der Waals surface area contributed by atoms with Gasteiger partial charge in [0, 0.05) is 0 Å². The molecule has 0 heterocycles. The first-order chi connectivity index (χ1) is 10.3. The molecule has 1 saturated carbocycles. The molecule has 110 valence electrons. The smallest absolute Gasteiger partial charge is 0.0577 e. The fourth-order valence-electron chi connectivity index (χ4n) is 3.37. The maximum atomic E-state index is 3.51.